The summed E-state index contributed by atoms with van der Waals surface area (Å²) >= 11 is 0. The lowest BCUT2D eigenvalue weighted by molar-refractivity contribution is -0.133. The number of rotatable bonds is 6. The standard InChI is InChI=1S/C24H24N2O2/c25-23(24(27)26-15-20-8-4-5-9-21(20)16-26)14-18-10-12-22(13-11-18)28-17-19-6-2-1-3-7-19/h1-13,23H,14-17,25H2. The molecule has 1 aliphatic heterocycles. The number of nitrogens with zero attached hydrogens (tertiary/aromatic N) is 1. The summed E-state index contributed by atoms with van der Waals surface area (Å²) in [4.78, 5) is 14.6. The maximum Gasteiger partial charge on any atom is 0.240 e. The Kier molecular flexibility index (Phi) is 5.40. The second-order valence-corrected chi connectivity index (χ2v) is 7.19. The molecule has 4 nitrogen and oxygen atoms in total. The van der Waals surface area contributed by atoms with Crippen molar-refractivity contribution in [3.05, 3.63) is 101 Å². The summed E-state index contributed by atoms with van der Waals surface area (Å²) in [5.41, 5.74) is 10.8. The Labute approximate surface area is 165 Å². The van der Waals surface area contributed by atoms with Gasteiger partial charge < -0.3 is 15.4 Å². The SMILES string of the molecule is NC(Cc1ccc(OCc2ccccc2)cc1)C(=O)N1Cc2ccccc2C1. The van der Waals surface area contributed by atoms with Gasteiger partial charge in [-0.3, -0.25) is 4.79 Å². The van der Waals surface area contributed by atoms with Crippen molar-refractivity contribution in [1.29, 1.82) is 0 Å². The number of hydrogen-bond acceptors (Lipinski definition) is 3. The minimum atomic E-state index is -0.537. The average Bonchev–Trinajstić information content (AvgIpc) is 3.17. The lowest BCUT2D eigenvalue weighted by Gasteiger charge is -2.20. The molecule has 0 spiro atoms. The molecule has 0 radical (unpaired) electrons. The Morgan fingerprint density at radius 3 is 2.11 bits per heavy atom. The molecule has 0 bridgehead atoms. The number of carbonyl (C=O) groups is 1. The van der Waals surface area contributed by atoms with E-state index in [4.69, 9.17) is 10.5 Å². The van der Waals surface area contributed by atoms with Crippen LogP contribution in [-0.2, 0) is 30.9 Å². The van der Waals surface area contributed by atoms with Gasteiger partial charge in [0.1, 0.15) is 12.4 Å². The largest absolute Gasteiger partial charge is 0.489 e. The van der Waals surface area contributed by atoms with Gasteiger partial charge in [-0.25, -0.2) is 0 Å². The second-order valence-electron chi connectivity index (χ2n) is 7.19. The summed E-state index contributed by atoms with van der Waals surface area (Å²) < 4.78 is 5.81. The van der Waals surface area contributed by atoms with Gasteiger partial charge in [0, 0.05) is 13.1 Å². The molecule has 0 fully saturated rings. The summed E-state index contributed by atoms with van der Waals surface area (Å²) in [6.07, 6.45) is 0.518. The Hall–Kier alpha value is -3.11. The molecule has 0 aliphatic carbocycles. The summed E-state index contributed by atoms with van der Waals surface area (Å²) in [5, 5.41) is 0. The molecule has 2 N–H and O–H groups in total. The molecule has 3 aromatic rings. The summed E-state index contributed by atoms with van der Waals surface area (Å²) in [5.74, 6) is 0.808. The fourth-order valence-corrected chi connectivity index (χ4v) is 3.53. The van der Waals surface area contributed by atoms with Gasteiger partial charge in [0.2, 0.25) is 5.91 Å². The second kappa shape index (κ2) is 8.28. The fourth-order valence-electron chi connectivity index (χ4n) is 3.53. The van der Waals surface area contributed by atoms with Crippen molar-refractivity contribution in [2.75, 3.05) is 0 Å². The van der Waals surface area contributed by atoms with Crippen LogP contribution in [0.15, 0.2) is 78.9 Å². The van der Waals surface area contributed by atoms with Crippen molar-refractivity contribution in [1.82, 2.24) is 4.90 Å². The molecule has 1 aliphatic rings. The van der Waals surface area contributed by atoms with Crippen LogP contribution in [-0.4, -0.2) is 16.8 Å². The minimum Gasteiger partial charge on any atom is -0.489 e. The lowest BCUT2D eigenvalue weighted by atomic mass is 10.1. The Morgan fingerprint density at radius 2 is 1.46 bits per heavy atom. The van der Waals surface area contributed by atoms with E-state index in [0.29, 0.717) is 26.1 Å². The molecular formula is C24H24N2O2. The van der Waals surface area contributed by atoms with Crippen molar-refractivity contribution >= 4 is 5.91 Å². The Balaban J connectivity index is 1.31. The van der Waals surface area contributed by atoms with Crippen LogP contribution in [0, 0.1) is 0 Å². The van der Waals surface area contributed by atoms with E-state index in [1.165, 1.54) is 11.1 Å². The third-order valence-corrected chi connectivity index (χ3v) is 5.10. The molecule has 142 valence electrons. The van der Waals surface area contributed by atoms with E-state index in [0.717, 1.165) is 16.9 Å². The molecule has 0 aromatic heterocycles. The third kappa shape index (κ3) is 4.24. The van der Waals surface area contributed by atoms with Crippen LogP contribution in [0.4, 0.5) is 0 Å². The molecular weight excluding hydrogens is 348 g/mol. The van der Waals surface area contributed by atoms with Crippen LogP contribution < -0.4 is 10.5 Å². The van der Waals surface area contributed by atoms with Gasteiger partial charge in [-0.1, -0.05) is 66.7 Å². The zero-order valence-electron chi connectivity index (χ0n) is 15.8. The predicted octanol–water partition coefficient (Wildman–Crippen LogP) is 3.68. The molecule has 0 saturated heterocycles. The van der Waals surface area contributed by atoms with Crippen molar-refractivity contribution in [3.8, 4) is 5.75 Å². The topological polar surface area (TPSA) is 55.6 Å². The van der Waals surface area contributed by atoms with Gasteiger partial charge in [-0.05, 0) is 40.8 Å². The number of nitrogens with two attached hydrogens (primary N) is 1. The molecule has 28 heavy (non-hydrogen) atoms. The minimum absolute atomic E-state index is 0.000559. The van der Waals surface area contributed by atoms with Crippen LogP contribution in [0.25, 0.3) is 0 Å². The number of hydrogen-bond donors (Lipinski definition) is 1. The first-order valence-corrected chi connectivity index (χ1v) is 9.56. The van der Waals surface area contributed by atoms with E-state index in [1.807, 2.05) is 71.6 Å². The Morgan fingerprint density at radius 1 is 0.857 bits per heavy atom. The van der Waals surface area contributed by atoms with E-state index < -0.39 is 6.04 Å². The Bertz CT molecular complexity index is 913. The van der Waals surface area contributed by atoms with E-state index >= 15 is 0 Å². The zero-order valence-corrected chi connectivity index (χ0v) is 15.8. The van der Waals surface area contributed by atoms with Crippen molar-refractivity contribution in [3.63, 3.8) is 0 Å². The summed E-state index contributed by atoms with van der Waals surface area (Å²) in [6.45, 7) is 1.83. The first kappa shape index (κ1) is 18.3. The van der Waals surface area contributed by atoms with Gasteiger partial charge in [-0.2, -0.15) is 0 Å². The maximum absolute atomic E-state index is 12.7. The molecule has 1 unspecified atom stereocenters. The van der Waals surface area contributed by atoms with E-state index in [9.17, 15) is 4.79 Å². The third-order valence-electron chi connectivity index (χ3n) is 5.10. The number of amides is 1. The molecule has 4 heteroatoms. The molecule has 4 rings (SSSR count). The van der Waals surface area contributed by atoms with E-state index in [2.05, 4.69) is 12.1 Å². The van der Waals surface area contributed by atoms with Crippen LogP contribution in [0.3, 0.4) is 0 Å². The highest BCUT2D eigenvalue weighted by Crippen LogP contribution is 2.23. The normalized spacial score (nSPS) is 13.8. The first-order chi connectivity index (χ1) is 13.7. The highest BCUT2D eigenvalue weighted by atomic mass is 16.5. The van der Waals surface area contributed by atoms with Crippen molar-refractivity contribution < 1.29 is 9.53 Å². The highest BCUT2D eigenvalue weighted by molar-refractivity contribution is 5.82. The van der Waals surface area contributed by atoms with Crippen LogP contribution in [0.2, 0.25) is 0 Å². The zero-order chi connectivity index (χ0) is 19.3. The molecule has 3 aromatic carbocycles. The number of carbonyl (C=O) groups excluding carboxylic acids is 1. The van der Waals surface area contributed by atoms with Crippen molar-refractivity contribution in [2.24, 2.45) is 5.73 Å². The summed E-state index contributed by atoms with van der Waals surface area (Å²) in [7, 11) is 0. The van der Waals surface area contributed by atoms with Gasteiger partial charge in [-0.15, -0.1) is 0 Å². The van der Waals surface area contributed by atoms with Gasteiger partial charge in [0.15, 0.2) is 0 Å². The number of fused-ring (bicyclic) bond motifs is 1. The maximum atomic E-state index is 12.7. The molecule has 1 amide bonds. The van der Waals surface area contributed by atoms with E-state index in [-0.39, 0.29) is 5.91 Å². The highest BCUT2D eigenvalue weighted by Gasteiger charge is 2.26. The van der Waals surface area contributed by atoms with Crippen molar-refractivity contribution in [2.45, 2.75) is 32.2 Å². The lowest BCUT2D eigenvalue weighted by Crippen LogP contribution is -2.42. The van der Waals surface area contributed by atoms with Crippen LogP contribution in [0.5, 0.6) is 5.75 Å². The molecule has 0 saturated carbocycles. The molecule has 1 heterocycles. The number of ether oxygens (including phenoxy) is 1. The first-order valence-electron chi connectivity index (χ1n) is 9.56. The smallest absolute Gasteiger partial charge is 0.240 e. The van der Waals surface area contributed by atoms with Gasteiger partial charge >= 0.3 is 0 Å². The monoisotopic (exact) mass is 372 g/mol. The van der Waals surface area contributed by atoms with Crippen LogP contribution in [0.1, 0.15) is 22.3 Å². The quantitative estimate of drug-likeness (QED) is 0.718. The summed E-state index contributed by atoms with van der Waals surface area (Å²) in [6, 6.07) is 25.5. The number of benzene rings is 3. The van der Waals surface area contributed by atoms with Crippen LogP contribution >= 0.6 is 0 Å². The van der Waals surface area contributed by atoms with E-state index in [1.54, 1.807) is 0 Å². The fraction of sp³-hybridized carbons (Fsp3) is 0.208. The van der Waals surface area contributed by atoms with Gasteiger partial charge in [0.25, 0.3) is 0 Å². The molecule has 1 atom stereocenters. The van der Waals surface area contributed by atoms with Gasteiger partial charge in [0.05, 0.1) is 6.04 Å². The predicted molar refractivity (Wildman–Crippen MR) is 110 cm³/mol. The average molecular weight is 372 g/mol.